The molecule has 0 aromatic heterocycles. The largest absolute Gasteiger partial charge is 0.455 e. The number of aryl methyl sites for hydroxylation is 1. The summed E-state index contributed by atoms with van der Waals surface area (Å²) in [5.74, 6) is 1.90. The molecule has 0 saturated carbocycles. The van der Waals surface area contributed by atoms with Crippen LogP contribution in [0.4, 0.5) is 5.69 Å². The summed E-state index contributed by atoms with van der Waals surface area (Å²) in [4.78, 5) is 2.42. The van der Waals surface area contributed by atoms with Crippen molar-refractivity contribution in [3.05, 3.63) is 54.1 Å². The van der Waals surface area contributed by atoms with Crippen molar-refractivity contribution in [1.29, 1.82) is 0 Å². The van der Waals surface area contributed by atoms with E-state index in [1.54, 1.807) is 0 Å². The van der Waals surface area contributed by atoms with E-state index in [9.17, 15) is 0 Å². The van der Waals surface area contributed by atoms with E-state index in [1.807, 2.05) is 30.3 Å². The minimum absolute atomic E-state index is 0.900. The summed E-state index contributed by atoms with van der Waals surface area (Å²) in [5, 5.41) is 0. The number of hydrogen-bond donors (Lipinski definition) is 0. The van der Waals surface area contributed by atoms with Gasteiger partial charge >= 0.3 is 0 Å². The fourth-order valence-electron chi connectivity index (χ4n) is 2.58. The zero-order valence-electron chi connectivity index (χ0n) is 11.3. The van der Waals surface area contributed by atoms with E-state index in [-0.39, 0.29) is 0 Å². The molecular weight excluding hydrogens is 234 g/mol. The van der Waals surface area contributed by atoms with Gasteiger partial charge in [0.25, 0.3) is 0 Å². The van der Waals surface area contributed by atoms with Crippen molar-refractivity contribution in [2.45, 2.75) is 19.8 Å². The van der Waals surface area contributed by atoms with Crippen molar-refractivity contribution in [2.75, 3.05) is 18.0 Å². The Morgan fingerprint density at radius 3 is 2.37 bits per heavy atom. The average Bonchev–Trinajstić information content (AvgIpc) is 2.96. The highest BCUT2D eigenvalue weighted by Gasteiger charge is 2.18. The van der Waals surface area contributed by atoms with Crippen LogP contribution in [0.5, 0.6) is 11.5 Å². The minimum Gasteiger partial charge on any atom is -0.455 e. The summed E-state index contributed by atoms with van der Waals surface area (Å²) >= 11 is 0. The van der Waals surface area contributed by atoms with Gasteiger partial charge in [-0.3, -0.25) is 0 Å². The van der Waals surface area contributed by atoms with Gasteiger partial charge in [0.15, 0.2) is 5.75 Å². The first-order chi connectivity index (χ1) is 9.34. The summed E-state index contributed by atoms with van der Waals surface area (Å²) in [7, 11) is 0. The number of rotatable bonds is 3. The van der Waals surface area contributed by atoms with Crippen LogP contribution >= 0.6 is 0 Å². The maximum Gasteiger partial charge on any atom is 0.153 e. The highest BCUT2D eigenvalue weighted by atomic mass is 16.5. The molecule has 0 aliphatic carbocycles. The van der Waals surface area contributed by atoms with Crippen LogP contribution in [0.3, 0.4) is 0 Å². The van der Waals surface area contributed by atoms with Crippen molar-refractivity contribution in [1.82, 2.24) is 0 Å². The van der Waals surface area contributed by atoms with Gasteiger partial charge in [-0.2, -0.15) is 0 Å². The van der Waals surface area contributed by atoms with Gasteiger partial charge in [0, 0.05) is 13.1 Å². The second-order valence-electron chi connectivity index (χ2n) is 5.03. The molecule has 2 aromatic rings. The summed E-state index contributed by atoms with van der Waals surface area (Å²) in [6.07, 6.45) is 2.55. The van der Waals surface area contributed by atoms with E-state index in [2.05, 4.69) is 30.0 Å². The Morgan fingerprint density at radius 2 is 1.63 bits per heavy atom. The third-order valence-corrected chi connectivity index (χ3v) is 3.60. The molecule has 19 heavy (non-hydrogen) atoms. The third-order valence-electron chi connectivity index (χ3n) is 3.60. The molecule has 0 amide bonds. The second-order valence-corrected chi connectivity index (χ2v) is 5.03. The van der Waals surface area contributed by atoms with Crippen LogP contribution in [-0.2, 0) is 0 Å². The zero-order chi connectivity index (χ0) is 13.1. The van der Waals surface area contributed by atoms with E-state index in [0.29, 0.717) is 0 Å². The Labute approximate surface area is 114 Å². The van der Waals surface area contributed by atoms with Crippen LogP contribution in [-0.4, -0.2) is 13.1 Å². The van der Waals surface area contributed by atoms with Crippen molar-refractivity contribution < 1.29 is 4.74 Å². The lowest BCUT2D eigenvalue weighted by molar-refractivity contribution is 0.478. The fourth-order valence-corrected chi connectivity index (χ4v) is 2.58. The number of benzene rings is 2. The van der Waals surface area contributed by atoms with Gasteiger partial charge in [-0.1, -0.05) is 30.3 Å². The van der Waals surface area contributed by atoms with Crippen LogP contribution in [0.2, 0.25) is 0 Å². The van der Waals surface area contributed by atoms with Gasteiger partial charge < -0.3 is 9.64 Å². The molecule has 1 aliphatic rings. The number of anilines is 1. The van der Waals surface area contributed by atoms with Crippen molar-refractivity contribution in [3.63, 3.8) is 0 Å². The molecule has 0 atom stereocenters. The first kappa shape index (κ1) is 12.1. The average molecular weight is 253 g/mol. The monoisotopic (exact) mass is 253 g/mol. The predicted octanol–water partition coefficient (Wildman–Crippen LogP) is 4.39. The number of nitrogens with zero attached hydrogens (tertiary/aromatic N) is 1. The highest BCUT2D eigenvalue weighted by Crippen LogP contribution is 2.36. The Balaban J connectivity index is 1.94. The molecule has 0 N–H and O–H groups in total. The summed E-state index contributed by atoms with van der Waals surface area (Å²) in [6.45, 7) is 4.38. The van der Waals surface area contributed by atoms with E-state index in [0.717, 1.165) is 24.6 Å². The van der Waals surface area contributed by atoms with Crippen molar-refractivity contribution in [3.8, 4) is 11.5 Å². The molecule has 98 valence electrons. The van der Waals surface area contributed by atoms with Crippen LogP contribution < -0.4 is 9.64 Å². The van der Waals surface area contributed by atoms with Crippen LogP contribution in [0.15, 0.2) is 48.5 Å². The molecule has 1 heterocycles. The lowest BCUT2D eigenvalue weighted by atomic mass is 10.2. The van der Waals surface area contributed by atoms with Crippen LogP contribution in [0, 0.1) is 6.92 Å². The van der Waals surface area contributed by atoms with Gasteiger partial charge in [0.2, 0.25) is 0 Å². The molecule has 0 spiro atoms. The van der Waals surface area contributed by atoms with Crippen molar-refractivity contribution >= 4 is 5.69 Å². The molecule has 2 nitrogen and oxygen atoms in total. The first-order valence-corrected chi connectivity index (χ1v) is 6.92. The maximum atomic E-state index is 6.11. The third kappa shape index (κ3) is 2.58. The number of ether oxygens (including phenoxy) is 1. The number of para-hydroxylation sites is 2. The molecule has 3 rings (SSSR count). The molecule has 1 saturated heterocycles. The maximum absolute atomic E-state index is 6.11. The quantitative estimate of drug-likeness (QED) is 0.804. The van der Waals surface area contributed by atoms with Gasteiger partial charge in [0.1, 0.15) is 5.75 Å². The van der Waals surface area contributed by atoms with E-state index in [4.69, 9.17) is 4.74 Å². The van der Waals surface area contributed by atoms with Gasteiger partial charge in [-0.15, -0.1) is 0 Å². The molecule has 2 aromatic carbocycles. The van der Waals surface area contributed by atoms with Gasteiger partial charge in [0.05, 0.1) is 5.69 Å². The predicted molar refractivity (Wildman–Crippen MR) is 79.1 cm³/mol. The number of hydrogen-bond acceptors (Lipinski definition) is 2. The highest BCUT2D eigenvalue weighted by molar-refractivity contribution is 5.63. The Hall–Kier alpha value is -1.96. The van der Waals surface area contributed by atoms with E-state index in [1.165, 1.54) is 24.1 Å². The first-order valence-electron chi connectivity index (χ1n) is 6.92. The van der Waals surface area contributed by atoms with Gasteiger partial charge in [-0.05, 0) is 43.5 Å². The molecule has 2 heteroatoms. The smallest absolute Gasteiger partial charge is 0.153 e. The lowest BCUT2D eigenvalue weighted by Crippen LogP contribution is -2.18. The molecular formula is C17H19NO. The second kappa shape index (κ2) is 5.35. The summed E-state index contributed by atoms with van der Waals surface area (Å²) in [6, 6.07) is 16.4. The van der Waals surface area contributed by atoms with E-state index >= 15 is 0 Å². The van der Waals surface area contributed by atoms with Crippen LogP contribution in [0.1, 0.15) is 18.4 Å². The molecule has 1 fully saturated rings. The van der Waals surface area contributed by atoms with Gasteiger partial charge in [-0.25, -0.2) is 0 Å². The zero-order valence-corrected chi connectivity index (χ0v) is 11.3. The fraction of sp³-hybridized carbons (Fsp3) is 0.294. The summed E-state index contributed by atoms with van der Waals surface area (Å²) in [5.41, 5.74) is 2.41. The molecule has 1 aliphatic heterocycles. The Bertz CT molecular complexity index is 544. The normalized spacial score (nSPS) is 14.7. The minimum atomic E-state index is 0.900. The standard InChI is InChI=1S/C17H19NO/c1-14-8-7-11-16(18-12-5-6-13-18)17(14)19-15-9-3-2-4-10-15/h2-4,7-11H,5-6,12-13H2,1H3. The molecule has 0 unspecified atom stereocenters. The lowest BCUT2D eigenvalue weighted by Gasteiger charge is -2.22. The SMILES string of the molecule is Cc1cccc(N2CCCC2)c1Oc1ccccc1. The van der Waals surface area contributed by atoms with Crippen molar-refractivity contribution in [2.24, 2.45) is 0 Å². The van der Waals surface area contributed by atoms with Crippen LogP contribution in [0.25, 0.3) is 0 Å². The van der Waals surface area contributed by atoms with E-state index < -0.39 is 0 Å². The molecule has 0 bridgehead atoms. The Morgan fingerprint density at radius 1 is 0.895 bits per heavy atom. The topological polar surface area (TPSA) is 12.5 Å². The summed E-state index contributed by atoms with van der Waals surface area (Å²) < 4.78 is 6.11. The Kier molecular flexibility index (Phi) is 3.41. The molecule has 0 radical (unpaired) electrons.